The summed E-state index contributed by atoms with van der Waals surface area (Å²) < 4.78 is 11.0. The zero-order valence-electron chi connectivity index (χ0n) is 21.8. The molecule has 0 bridgehead atoms. The summed E-state index contributed by atoms with van der Waals surface area (Å²) in [7, 11) is 1.52. The van der Waals surface area contributed by atoms with Gasteiger partial charge in [0.05, 0.1) is 29.4 Å². The van der Waals surface area contributed by atoms with Gasteiger partial charge in [-0.3, -0.25) is 4.79 Å². The number of methoxy groups -OCH3 is 1. The fourth-order valence-electron chi connectivity index (χ4n) is 4.14. The average Bonchev–Trinajstić information content (AvgIpc) is 2.97. The molecule has 0 aromatic heterocycles. The number of carboxylic acids is 3. The number of aromatic carboxylic acids is 3. The van der Waals surface area contributed by atoms with Crippen molar-refractivity contribution in [2.45, 2.75) is 13.1 Å². The third-order valence-corrected chi connectivity index (χ3v) is 6.17. The van der Waals surface area contributed by atoms with Gasteiger partial charge in [0.2, 0.25) is 0 Å². The van der Waals surface area contributed by atoms with Crippen LogP contribution in [0.25, 0.3) is 0 Å². The van der Waals surface area contributed by atoms with E-state index in [0.29, 0.717) is 34.4 Å². The minimum atomic E-state index is -1.63. The Balaban J connectivity index is 1.71. The number of nitrogens with zero attached hydrogens (tertiary/aromatic N) is 1. The summed E-state index contributed by atoms with van der Waals surface area (Å²) in [4.78, 5) is 50.6. The largest absolute Gasteiger partial charge is 0.497 e. The van der Waals surface area contributed by atoms with Crippen molar-refractivity contribution in [1.29, 1.82) is 0 Å². The van der Waals surface area contributed by atoms with Crippen LogP contribution in [0.5, 0.6) is 17.2 Å². The van der Waals surface area contributed by atoms with E-state index in [4.69, 9.17) is 9.47 Å². The fourth-order valence-corrected chi connectivity index (χ4v) is 4.14. The maximum Gasteiger partial charge on any atom is 0.336 e. The van der Waals surface area contributed by atoms with Gasteiger partial charge in [-0.25, -0.2) is 14.4 Å². The van der Waals surface area contributed by atoms with Crippen LogP contribution < -0.4 is 9.47 Å². The summed E-state index contributed by atoms with van der Waals surface area (Å²) in [6.45, 7) is 0.0614. The molecular formula is C31H25NO9. The van der Waals surface area contributed by atoms with Crippen LogP contribution in [0.2, 0.25) is 0 Å². The van der Waals surface area contributed by atoms with Gasteiger partial charge in [0.1, 0.15) is 17.2 Å². The molecule has 4 aromatic rings. The molecular weight excluding hydrogens is 530 g/mol. The summed E-state index contributed by atoms with van der Waals surface area (Å²) in [5, 5.41) is 28.8. The van der Waals surface area contributed by atoms with Gasteiger partial charge in [-0.2, -0.15) is 0 Å². The first-order valence-electron chi connectivity index (χ1n) is 12.3. The Labute approximate surface area is 234 Å². The highest BCUT2D eigenvalue weighted by Gasteiger charge is 2.28. The maximum absolute atomic E-state index is 13.8. The van der Waals surface area contributed by atoms with E-state index in [-0.39, 0.29) is 13.1 Å². The Kier molecular flexibility index (Phi) is 8.63. The maximum atomic E-state index is 13.8. The van der Waals surface area contributed by atoms with E-state index < -0.39 is 46.1 Å². The topological polar surface area (TPSA) is 151 Å². The van der Waals surface area contributed by atoms with Gasteiger partial charge >= 0.3 is 17.9 Å². The molecule has 0 aliphatic carbocycles. The zero-order valence-corrected chi connectivity index (χ0v) is 21.8. The summed E-state index contributed by atoms with van der Waals surface area (Å²) in [5.74, 6) is -3.78. The Morgan fingerprint density at radius 1 is 0.585 bits per heavy atom. The Hall–Kier alpha value is -5.64. The van der Waals surface area contributed by atoms with E-state index in [9.17, 15) is 34.5 Å². The van der Waals surface area contributed by atoms with Gasteiger partial charge in [-0.1, -0.05) is 42.5 Å². The number of carbonyl (C=O) groups is 4. The van der Waals surface area contributed by atoms with E-state index in [2.05, 4.69) is 0 Å². The molecule has 0 atom stereocenters. The highest BCUT2D eigenvalue weighted by atomic mass is 16.5. The van der Waals surface area contributed by atoms with Crippen molar-refractivity contribution in [2.75, 3.05) is 7.11 Å². The second kappa shape index (κ2) is 12.5. The first kappa shape index (κ1) is 28.4. The molecule has 0 fully saturated rings. The Morgan fingerprint density at radius 2 is 1.00 bits per heavy atom. The molecule has 3 N–H and O–H groups in total. The summed E-state index contributed by atoms with van der Waals surface area (Å²) in [6, 6.07) is 24.5. The lowest BCUT2D eigenvalue weighted by molar-refractivity contribution is 0.0643. The third-order valence-electron chi connectivity index (χ3n) is 6.17. The number of ether oxygens (including phenoxy) is 2. The van der Waals surface area contributed by atoms with Crippen LogP contribution in [0.4, 0.5) is 0 Å². The summed E-state index contributed by atoms with van der Waals surface area (Å²) in [5.41, 5.74) is -1.12. The van der Waals surface area contributed by atoms with Gasteiger partial charge in [-0.05, 0) is 59.7 Å². The van der Waals surface area contributed by atoms with Gasteiger partial charge in [0.25, 0.3) is 5.91 Å². The molecule has 0 heterocycles. The average molecular weight is 556 g/mol. The minimum absolute atomic E-state index is 0.0264. The number of para-hydroxylation sites is 1. The normalized spacial score (nSPS) is 10.5. The van der Waals surface area contributed by atoms with Crippen LogP contribution in [0.1, 0.15) is 52.6 Å². The lowest BCUT2D eigenvalue weighted by Gasteiger charge is -2.24. The number of carboxylic acid groups (broad SMARTS) is 3. The fraction of sp³-hybridized carbons (Fsp3) is 0.0968. The second-order valence-electron chi connectivity index (χ2n) is 8.93. The van der Waals surface area contributed by atoms with E-state index in [1.807, 2.05) is 30.3 Å². The second-order valence-corrected chi connectivity index (χ2v) is 8.93. The number of hydrogen-bond acceptors (Lipinski definition) is 6. The molecule has 208 valence electrons. The van der Waals surface area contributed by atoms with Crippen molar-refractivity contribution in [3.8, 4) is 17.2 Å². The molecule has 0 aliphatic rings. The van der Waals surface area contributed by atoms with E-state index in [1.54, 1.807) is 48.5 Å². The SMILES string of the molecule is COc1ccc(CN(Cc2ccc(Oc3ccccc3)cc2)C(=O)c2cc(C(=O)O)c(C(=O)O)cc2C(=O)O)cc1. The van der Waals surface area contributed by atoms with Crippen LogP contribution in [0.3, 0.4) is 0 Å². The van der Waals surface area contributed by atoms with E-state index >= 15 is 0 Å². The lowest BCUT2D eigenvalue weighted by atomic mass is 9.96. The Morgan fingerprint density at radius 3 is 1.46 bits per heavy atom. The summed E-state index contributed by atoms with van der Waals surface area (Å²) in [6.07, 6.45) is 0. The molecule has 0 spiro atoms. The van der Waals surface area contributed by atoms with Crippen LogP contribution in [0.15, 0.2) is 91.0 Å². The third kappa shape index (κ3) is 6.87. The number of rotatable bonds is 11. The van der Waals surface area contributed by atoms with Crippen molar-refractivity contribution in [1.82, 2.24) is 4.90 Å². The van der Waals surface area contributed by atoms with Gasteiger partial charge < -0.3 is 29.7 Å². The number of hydrogen-bond donors (Lipinski definition) is 3. The van der Waals surface area contributed by atoms with Gasteiger partial charge in [0, 0.05) is 13.1 Å². The molecule has 0 unspecified atom stereocenters. The first-order chi connectivity index (χ1) is 19.7. The molecule has 0 radical (unpaired) electrons. The number of amides is 1. The molecule has 0 saturated heterocycles. The predicted molar refractivity (Wildman–Crippen MR) is 147 cm³/mol. The number of carbonyl (C=O) groups excluding carboxylic acids is 1. The standard InChI is InChI=1S/C31H25NO9/c1-40-21-11-7-19(8-12-21)17-32(18-20-9-13-23(14-10-20)41-22-5-3-2-4-6-22)28(33)24-15-26(30(36)37)27(31(38)39)16-25(24)29(34)35/h2-16H,17-18H2,1H3,(H,34,35)(H,36,37)(H,38,39). The number of benzene rings is 4. The molecule has 1 amide bonds. The van der Waals surface area contributed by atoms with Crippen LogP contribution >= 0.6 is 0 Å². The van der Waals surface area contributed by atoms with Crippen molar-refractivity contribution in [3.05, 3.63) is 124 Å². The zero-order chi connectivity index (χ0) is 29.5. The van der Waals surface area contributed by atoms with Gasteiger partial charge in [-0.15, -0.1) is 0 Å². The quantitative estimate of drug-likeness (QED) is 0.220. The molecule has 4 rings (SSSR count). The van der Waals surface area contributed by atoms with Crippen LogP contribution in [-0.2, 0) is 13.1 Å². The smallest absolute Gasteiger partial charge is 0.336 e. The first-order valence-corrected chi connectivity index (χ1v) is 12.3. The minimum Gasteiger partial charge on any atom is -0.497 e. The van der Waals surface area contributed by atoms with Crippen molar-refractivity contribution in [2.24, 2.45) is 0 Å². The van der Waals surface area contributed by atoms with E-state index in [0.717, 1.165) is 6.07 Å². The molecule has 0 saturated carbocycles. The molecule has 4 aromatic carbocycles. The van der Waals surface area contributed by atoms with Crippen molar-refractivity contribution in [3.63, 3.8) is 0 Å². The van der Waals surface area contributed by atoms with Crippen LogP contribution in [0, 0.1) is 0 Å². The highest BCUT2D eigenvalue weighted by molar-refractivity contribution is 6.10. The molecule has 10 nitrogen and oxygen atoms in total. The molecule has 41 heavy (non-hydrogen) atoms. The monoisotopic (exact) mass is 555 g/mol. The molecule has 0 aliphatic heterocycles. The molecule has 10 heteroatoms. The predicted octanol–water partition coefficient (Wildman–Crippen LogP) is 5.42. The van der Waals surface area contributed by atoms with Crippen molar-refractivity contribution >= 4 is 23.8 Å². The van der Waals surface area contributed by atoms with Crippen molar-refractivity contribution < 1.29 is 44.0 Å². The summed E-state index contributed by atoms with van der Waals surface area (Å²) >= 11 is 0. The lowest BCUT2D eigenvalue weighted by Crippen LogP contribution is -2.32. The van der Waals surface area contributed by atoms with Gasteiger partial charge in [0.15, 0.2) is 0 Å². The van der Waals surface area contributed by atoms with Crippen LogP contribution in [-0.4, -0.2) is 51.1 Å². The Bertz CT molecular complexity index is 1580. The highest BCUT2D eigenvalue weighted by Crippen LogP contribution is 2.25. The van der Waals surface area contributed by atoms with E-state index in [1.165, 1.54) is 12.0 Å².